The van der Waals surface area contributed by atoms with Crippen molar-refractivity contribution < 1.29 is 4.74 Å². The van der Waals surface area contributed by atoms with Gasteiger partial charge in [0, 0.05) is 41.6 Å². The highest BCUT2D eigenvalue weighted by Gasteiger charge is 2.20. The summed E-state index contributed by atoms with van der Waals surface area (Å²) in [6.45, 7) is 6.44. The number of hydrogen-bond acceptors (Lipinski definition) is 4. The van der Waals surface area contributed by atoms with E-state index in [1.807, 2.05) is 53.5 Å². The van der Waals surface area contributed by atoms with Crippen molar-refractivity contribution in [1.82, 2.24) is 24.3 Å². The minimum absolute atomic E-state index is 0.527. The Balaban J connectivity index is 1.43. The minimum Gasteiger partial charge on any atom is -0.438 e. The zero-order valence-electron chi connectivity index (χ0n) is 22.5. The molecule has 0 unspecified atom stereocenters. The summed E-state index contributed by atoms with van der Waals surface area (Å²) in [5, 5.41) is 6.83. The first-order valence-electron chi connectivity index (χ1n) is 13.3. The SMILES string of the molecule is Cc1ccc(-c2c(-n3cccn3)ccnc2Oc2ccc3c4ccccc4n(-c4ccccn4)c3c2)c(C)c1C. The van der Waals surface area contributed by atoms with Crippen molar-refractivity contribution in [3.05, 3.63) is 126 Å². The predicted octanol–water partition coefficient (Wildman–Crippen LogP) is 8.14. The number of rotatable bonds is 5. The second-order valence-corrected chi connectivity index (χ2v) is 9.96. The lowest BCUT2D eigenvalue weighted by Crippen LogP contribution is -2.03. The largest absolute Gasteiger partial charge is 0.438 e. The minimum atomic E-state index is 0.527. The van der Waals surface area contributed by atoms with Crippen LogP contribution in [0.5, 0.6) is 11.6 Å². The fourth-order valence-corrected chi connectivity index (χ4v) is 5.45. The lowest BCUT2D eigenvalue weighted by Gasteiger charge is -2.18. The molecule has 0 saturated carbocycles. The molecule has 4 aromatic heterocycles. The molecule has 0 aliphatic heterocycles. The highest BCUT2D eigenvalue weighted by atomic mass is 16.5. The van der Waals surface area contributed by atoms with E-state index in [9.17, 15) is 0 Å². The molecule has 6 heteroatoms. The molecule has 0 aliphatic rings. The van der Waals surface area contributed by atoms with Gasteiger partial charge in [-0.15, -0.1) is 0 Å². The number of aromatic nitrogens is 5. The molecule has 0 amide bonds. The number of fused-ring (bicyclic) bond motifs is 3. The molecule has 0 radical (unpaired) electrons. The van der Waals surface area contributed by atoms with Gasteiger partial charge in [0.1, 0.15) is 11.6 Å². The summed E-state index contributed by atoms with van der Waals surface area (Å²) in [6, 6.07) is 28.8. The summed E-state index contributed by atoms with van der Waals surface area (Å²) in [6.07, 6.45) is 7.31. The van der Waals surface area contributed by atoms with Gasteiger partial charge in [0.05, 0.1) is 22.3 Å². The maximum Gasteiger partial charge on any atom is 0.229 e. The van der Waals surface area contributed by atoms with Gasteiger partial charge in [-0.05, 0) is 85.5 Å². The Hall–Kier alpha value is -5.23. The van der Waals surface area contributed by atoms with Crippen LogP contribution in [0.15, 0.2) is 110 Å². The van der Waals surface area contributed by atoms with E-state index in [1.54, 1.807) is 12.4 Å². The maximum atomic E-state index is 6.64. The van der Waals surface area contributed by atoms with E-state index in [0.717, 1.165) is 39.1 Å². The lowest BCUT2D eigenvalue weighted by molar-refractivity contribution is 0.465. The molecule has 7 aromatic rings. The van der Waals surface area contributed by atoms with E-state index in [1.165, 1.54) is 22.1 Å². The molecular formula is C34H27N5O. The summed E-state index contributed by atoms with van der Waals surface area (Å²) in [7, 11) is 0. The van der Waals surface area contributed by atoms with Gasteiger partial charge in [-0.2, -0.15) is 5.10 Å². The van der Waals surface area contributed by atoms with Crippen molar-refractivity contribution in [1.29, 1.82) is 0 Å². The molecule has 0 atom stereocenters. The average Bonchev–Trinajstić information content (AvgIpc) is 3.63. The molecule has 0 aliphatic carbocycles. The smallest absolute Gasteiger partial charge is 0.229 e. The molecule has 194 valence electrons. The second-order valence-electron chi connectivity index (χ2n) is 9.96. The van der Waals surface area contributed by atoms with Gasteiger partial charge in [0.25, 0.3) is 0 Å². The van der Waals surface area contributed by atoms with Crippen LogP contribution in [0.2, 0.25) is 0 Å². The zero-order chi connectivity index (χ0) is 27.2. The Morgan fingerprint density at radius 1 is 0.675 bits per heavy atom. The maximum absolute atomic E-state index is 6.64. The van der Waals surface area contributed by atoms with Crippen LogP contribution in [0.25, 0.3) is 44.4 Å². The van der Waals surface area contributed by atoms with Gasteiger partial charge in [-0.1, -0.05) is 36.4 Å². The average molecular weight is 522 g/mol. The predicted molar refractivity (Wildman–Crippen MR) is 160 cm³/mol. The van der Waals surface area contributed by atoms with E-state index in [0.29, 0.717) is 11.6 Å². The van der Waals surface area contributed by atoms with Crippen LogP contribution in [0, 0.1) is 20.8 Å². The highest BCUT2D eigenvalue weighted by Crippen LogP contribution is 2.40. The second kappa shape index (κ2) is 9.50. The number of hydrogen-bond donors (Lipinski definition) is 0. The summed E-state index contributed by atoms with van der Waals surface area (Å²) in [4.78, 5) is 9.39. The van der Waals surface area contributed by atoms with Crippen molar-refractivity contribution in [2.24, 2.45) is 0 Å². The number of nitrogens with zero attached hydrogens (tertiary/aromatic N) is 5. The van der Waals surface area contributed by atoms with Crippen LogP contribution in [-0.4, -0.2) is 24.3 Å². The number of pyridine rings is 2. The molecule has 3 aromatic carbocycles. The van der Waals surface area contributed by atoms with Crippen LogP contribution in [-0.2, 0) is 0 Å². The van der Waals surface area contributed by atoms with Crippen molar-refractivity contribution in [3.63, 3.8) is 0 Å². The first kappa shape index (κ1) is 23.9. The monoisotopic (exact) mass is 521 g/mol. The highest BCUT2D eigenvalue weighted by molar-refractivity contribution is 6.09. The van der Waals surface area contributed by atoms with Crippen LogP contribution < -0.4 is 4.74 Å². The van der Waals surface area contributed by atoms with Gasteiger partial charge < -0.3 is 4.74 Å². The summed E-state index contributed by atoms with van der Waals surface area (Å²) in [5.41, 5.74) is 8.68. The van der Waals surface area contributed by atoms with Gasteiger partial charge in [-0.25, -0.2) is 14.6 Å². The van der Waals surface area contributed by atoms with Crippen molar-refractivity contribution in [2.45, 2.75) is 20.8 Å². The molecular weight excluding hydrogens is 494 g/mol. The number of aryl methyl sites for hydroxylation is 1. The molecule has 0 saturated heterocycles. The Bertz CT molecular complexity index is 2010. The Labute approximate surface area is 232 Å². The van der Waals surface area contributed by atoms with Crippen molar-refractivity contribution >= 4 is 21.8 Å². The number of para-hydroxylation sites is 1. The first-order chi connectivity index (χ1) is 19.6. The normalized spacial score (nSPS) is 11.4. The molecule has 7 rings (SSSR count). The van der Waals surface area contributed by atoms with E-state index in [2.05, 4.69) is 84.0 Å². The lowest BCUT2D eigenvalue weighted by atomic mass is 9.93. The molecule has 0 spiro atoms. The molecule has 0 bridgehead atoms. The van der Waals surface area contributed by atoms with Crippen molar-refractivity contribution in [2.75, 3.05) is 0 Å². The number of ether oxygens (including phenoxy) is 1. The third kappa shape index (κ3) is 3.84. The quantitative estimate of drug-likeness (QED) is 0.229. The Morgan fingerprint density at radius 2 is 1.52 bits per heavy atom. The van der Waals surface area contributed by atoms with Crippen LogP contribution in [0.1, 0.15) is 16.7 Å². The molecule has 40 heavy (non-hydrogen) atoms. The van der Waals surface area contributed by atoms with Crippen LogP contribution >= 0.6 is 0 Å². The van der Waals surface area contributed by atoms with E-state index >= 15 is 0 Å². The van der Waals surface area contributed by atoms with Crippen molar-refractivity contribution in [3.8, 4) is 34.3 Å². The van der Waals surface area contributed by atoms with E-state index in [4.69, 9.17) is 9.72 Å². The summed E-state index contributed by atoms with van der Waals surface area (Å²) < 4.78 is 10.7. The molecule has 4 heterocycles. The summed E-state index contributed by atoms with van der Waals surface area (Å²) in [5.74, 6) is 2.08. The topological polar surface area (TPSA) is 57.8 Å². The van der Waals surface area contributed by atoms with E-state index < -0.39 is 0 Å². The summed E-state index contributed by atoms with van der Waals surface area (Å²) >= 11 is 0. The molecule has 0 fully saturated rings. The molecule has 6 nitrogen and oxygen atoms in total. The third-order valence-corrected chi connectivity index (χ3v) is 7.71. The van der Waals surface area contributed by atoms with Gasteiger partial charge in [-0.3, -0.25) is 4.57 Å². The standard InChI is InChI=1S/C34H27N5O/c1-22-12-14-26(24(3)23(22)2)33-30(38-20-8-18-37-38)16-19-36-34(33)40-25-13-15-28-27-9-4-5-10-29(27)39(31(28)21-25)32-11-6-7-17-35-32/h4-21H,1-3H3. The van der Waals surface area contributed by atoms with Crippen LogP contribution in [0.3, 0.4) is 0 Å². The Kier molecular flexibility index (Phi) is 5.67. The van der Waals surface area contributed by atoms with Gasteiger partial charge in [0.2, 0.25) is 5.88 Å². The first-order valence-corrected chi connectivity index (χ1v) is 13.3. The third-order valence-electron chi connectivity index (χ3n) is 7.71. The zero-order valence-corrected chi connectivity index (χ0v) is 22.5. The fraction of sp³-hybridized carbons (Fsp3) is 0.0882. The van der Waals surface area contributed by atoms with E-state index in [-0.39, 0.29) is 0 Å². The Morgan fingerprint density at radius 3 is 2.35 bits per heavy atom. The number of benzene rings is 3. The fourth-order valence-electron chi connectivity index (χ4n) is 5.45. The molecule has 0 N–H and O–H groups in total. The van der Waals surface area contributed by atoms with Crippen LogP contribution in [0.4, 0.5) is 0 Å². The van der Waals surface area contributed by atoms with Gasteiger partial charge >= 0.3 is 0 Å². The van der Waals surface area contributed by atoms with Gasteiger partial charge in [0.15, 0.2) is 0 Å².